The second kappa shape index (κ2) is 4.71. The molecular weight excluding hydrogens is 240 g/mol. The highest BCUT2D eigenvalue weighted by Crippen LogP contribution is 2.54. The molecule has 1 N–H and O–H groups in total. The van der Waals surface area contributed by atoms with Crippen molar-refractivity contribution in [1.29, 1.82) is 0 Å². The summed E-state index contributed by atoms with van der Waals surface area (Å²) < 4.78 is 10.7. The van der Waals surface area contributed by atoms with Crippen molar-refractivity contribution < 1.29 is 14.6 Å². The molecule has 0 saturated heterocycles. The molecule has 0 aliphatic heterocycles. The summed E-state index contributed by atoms with van der Waals surface area (Å²) in [5.41, 5.74) is 0.137. The van der Waals surface area contributed by atoms with Gasteiger partial charge < -0.3 is 14.6 Å². The van der Waals surface area contributed by atoms with Crippen LogP contribution in [0, 0.1) is 11.3 Å². The third-order valence-electron chi connectivity index (χ3n) is 4.30. The fraction of sp³-hybridized carbons (Fsp3) is 0.625. The van der Waals surface area contributed by atoms with Crippen molar-refractivity contribution in [1.82, 2.24) is 0 Å². The van der Waals surface area contributed by atoms with Crippen molar-refractivity contribution in [3.8, 4) is 11.5 Å². The fourth-order valence-corrected chi connectivity index (χ4v) is 3.49. The van der Waals surface area contributed by atoms with Gasteiger partial charge >= 0.3 is 0 Å². The quantitative estimate of drug-likeness (QED) is 0.910. The maximum Gasteiger partial charge on any atom is 0.125 e. The number of aliphatic hydroxyl groups is 1. The summed E-state index contributed by atoms with van der Waals surface area (Å²) in [7, 11) is 3.27. The van der Waals surface area contributed by atoms with Gasteiger partial charge in [-0.2, -0.15) is 0 Å². The molecule has 106 valence electrons. The lowest BCUT2D eigenvalue weighted by Crippen LogP contribution is -2.29. The van der Waals surface area contributed by atoms with Gasteiger partial charge in [0.05, 0.1) is 19.8 Å². The van der Waals surface area contributed by atoms with E-state index in [1.807, 2.05) is 18.2 Å². The molecule has 1 fully saturated rings. The molecule has 0 spiro atoms. The van der Waals surface area contributed by atoms with E-state index in [1.54, 1.807) is 14.2 Å². The van der Waals surface area contributed by atoms with Gasteiger partial charge in [0.1, 0.15) is 11.5 Å². The molecule has 0 radical (unpaired) electrons. The van der Waals surface area contributed by atoms with Gasteiger partial charge in [0.2, 0.25) is 0 Å². The van der Waals surface area contributed by atoms with E-state index in [0.29, 0.717) is 0 Å². The molecule has 1 aromatic carbocycles. The van der Waals surface area contributed by atoms with Crippen molar-refractivity contribution in [3.63, 3.8) is 0 Å². The monoisotopic (exact) mass is 264 g/mol. The first kappa shape index (κ1) is 14.2. The Hall–Kier alpha value is -1.22. The largest absolute Gasteiger partial charge is 0.497 e. The zero-order valence-corrected chi connectivity index (χ0v) is 12.5. The van der Waals surface area contributed by atoms with E-state index < -0.39 is 5.60 Å². The number of hydrogen-bond donors (Lipinski definition) is 1. The highest BCUT2D eigenvalue weighted by molar-refractivity contribution is 5.45. The maximum atomic E-state index is 11.2. The van der Waals surface area contributed by atoms with Gasteiger partial charge in [-0.3, -0.25) is 0 Å². The lowest BCUT2D eigenvalue weighted by Gasteiger charge is -2.30. The molecular formula is C16H24O3. The molecule has 0 heterocycles. The van der Waals surface area contributed by atoms with Gasteiger partial charge in [-0.15, -0.1) is 0 Å². The summed E-state index contributed by atoms with van der Waals surface area (Å²) in [5, 5.41) is 11.2. The number of rotatable bonds is 3. The molecule has 1 aromatic rings. The van der Waals surface area contributed by atoms with Crippen LogP contribution in [0.3, 0.4) is 0 Å². The van der Waals surface area contributed by atoms with Gasteiger partial charge in [0, 0.05) is 5.56 Å². The van der Waals surface area contributed by atoms with Gasteiger partial charge in [0.25, 0.3) is 0 Å². The Balaban J connectivity index is 2.50. The molecule has 0 bridgehead atoms. The van der Waals surface area contributed by atoms with E-state index in [9.17, 15) is 5.11 Å². The van der Waals surface area contributed by atoms with Crippen LogP contribution in [-0.2, 0) is 5.60 Å². The molecule has 0 amide bonds. The first-order valence-corrected chi connectivity index (χ1v) is 6.77. The second-order valence-corrected chi connectivity index (χ2v) is 6.44. The summed E-state index contributed by atoms with van der Waals surface area (Å²) in [5.74, 6) is 1.68. The van der Waals surface area contributed by atoms with Gasteiger partial charge in [-0.1, -0.05) is 20.8 Å². The van der Waals surface area contributed by atoms with E-state index in [0.717, 1.165) is 29.9 Å². The zero-order valence-electron chi connectivity index (χ0n) is 12.5. The smallest absolute Gasteiger partial charge is 0.125 e. The van der Waals surface area contributed by atoms with E-state index in [1.165, 1.54) is 0 Å². The van der Waals surface area contributed by atoms with Crippen molar-refractivity contribution in [2.45, 2.75) is 39.2 Å². The molecule has 0 aromatic heterocycles. The van der Waals surface area contributed by atoms with E-state index in [-0.39, 0.29) is 11.3 Å². The van der Waals surface area contributed by atoms with Crippen LogP contribution >= 0.6 is 0 Å². The Morgan fingerprint density at radius 1 is 1.21 bits per heavy atom. The Morgan fingerprint density at radius 3 is 2.37 bits per heavy atom. The van der Waals surface area contributed by atoms with Crippen LogP contribution < -0.4 is 9.47 Å². The average molecular weight is 264 g/mol. The standard InChI is InChI=1S/C16H24O3/c1-11-9-15(2,3)10-16(11,17)13-8-12(18-4)6-7-14(13)19-5/h6-8,11,17H,9-10H2,1-5H3. The molecule has 3 heteroatoms. The van der Waals surface area contributed by atoms with Gasteiger partial charge in [-0.05, 0) is 42.4 Å². The Kier molecular flexibility index (Phi) is 3.52. The van der Waals surface area contributed by atoms with Crippen molar-refractivity contribution in [3.05, 3.63) is 23.8 Å². The molecule has 2 rings (SSSR count). The lowest BCUT2D eigenvalue weighted by molar-refractivity contribution is -0.00303. The SMILES string of the molecule is COc1ccc(OC)c(C2(O)CC(C)(C)CC2C)c1. The normalized spacial score (nSPS) is 29.3. The summed E-state index contributed by atoms with van der Waals surface area (Å²) >= 11 is 0. The molecule has 3 nitrogen and oxygen atoms in total. The van der Waals surface area contributed by atoms with Crippen molar-refractivity contribution in [2.24, 2.45) is 11.3 Å². The zero-order chi connectivity index (χ0) is 14.3. The van der Waals surface area contributed by atoms with Crippen molar-refractivity contribution >= 4 is 0 Å². The average Bonchev–Trinajstić information content (AvgIpc) is 2.57. The summed E-state index contributed by atoms with van der Waals surface area (Å²) in [6.07, 6.45) is 1.74. The van der Waals surface area contributed by atoms with Crippen LogP contribution in [0.5, 0.6) is 11.5 Å². The second-order valence-electron chi connectivity index (χ2n) is 6.44. The van der Waals surface area contributed by atoms with E-state index >= 15 is 0 Å². The number of ether oxygens (including phenoxy) is 2. The van der Waals surface area contributed by atoms with Gasteiger partial charge in [0.15, 0.2) is 0 Å². The predicted octanol–water partition coefficient (Wildman–Crippen LogP) is 3.35. The Labute approximate surface area is 115 Å². The highest BCUT2D eigenvalue weighted by Gasteiger charge is 2.49. The molecule has 2 atom stereocenters. The Morgan fingerprint density at radius 2 is 1.89 bits per heavy atom. The Bertz CT molecular complexity index is 467. The fourth-order valence-electron chi connectivity index (χ4n) is 3.49. The minimum absolute atomic E-state index is 0.141. The lowest BCUT2D eigenvalue weighted by atomic mass is 9.83. The first-order chi connectivity index (χ1) is 8.82. The maximum absolute atomic E-state index is 11.2. The van der Waals surface area contributed by atoms with Gasteiger partial charge in [-0.25, -0.2) is 0 Å². The molecule has 2 unspecified atom stereocenters. The molecule has 1 aliphatic rings. The van der Waals surface area contributed by atoms with E-state index in [4.69, 9.17) is 9.47 Å². The van der Waals surface area contributed by atoms with Crippen LogP contribution in [0.25, 0.3) is 0 Å². The predicted molar refractivity (Wildman–Crippen MR) is 75.6 cm³/mol. The summed E-state index contributed by atoms with van der Waals surface area (Å²) in [4.78, 5) is 0. The van der Waals surface area contributed by atoms with E-state index in [2.05, 4.69) is 20.8 Å². The highest BCUT2D eigenvalue weighted by atomic mass is 16.5. The molecule has 1 aliphatic carbocycles. The third kappa shape index (κ3) is 2.44. The van der Waals surface area contributed by atoms with Crippen LogP contribution in [-0.4, -0.2) is 19.3 Å². The number of methoxy groups -OCH3 is 2. The molecule has 1 saturated carbocycles. The van der Waals surface area contributed by atoms with Crippen molar-refractivity contribution in [2.75, 3.05) is 14.2 Å². The van der Waals surface area contributed by atoms with Crippen LogP contribution in [0.1, 0.15) is 39.2 Å². The summed E-state index contributed by atoms with van der Waals surface area (Å²) in [6, 6.07) is 5.62. The topological polar surface area (TPSA) is 38.7 Å². The molecule has 19 heavy (non-hydrogen) atoms. The summed E-state index contributed by atoms with van der Waals surface area (Å²) in [6.45, 7) is 6.51. The minimum Gasteiger partial charge on any atom is -0.497 e. The number of benzene rings is 1. The van der Waals surface area contributed by atoms with Crippen LogP contribution in [0.15, 0.2) is 18.2 Å². The first-order valence-electron chi connectivity index (χ1n) is 6.77. The van der Waals surface area contributed by atoms with Crippen LogP contribution in [0.2, 0.25) is 0 Å². The van der Waals surface area contributed by atoms with Crippen LogP contribution in [0.4, 0.5) is 0 Å². The third-order valence-corrected chi connectivity index (χ3v) is 4.30. The minimum atomic E-state index is -0.844. The number of hydrogen-bond acceptors (Lipinski definition) is 3.